The third-order valence-corrected chi connectivity index (χ3v) is 5.38. The minimum Gasteiger partial charge on any atom is -0.482 e. The molecule has 0 atom stereocenters. The quantitative estimate of drug-likeness (QED) is 0.327. The molecule has 1 aliphatic rings. The van der Waals surface area contributed by atoms with Gasteiger partial charge in [0.2, 0.25) is 0 Å². The van der Waals surface area contributed by atoms with Crippen molar-refractivity contribution in [2.75, 3.05) is 38.2 Å². The van der Waals surface area contributed by atoms with E-state index in [1.165, 1.54) is 0 Å². The number of fused-ring (bicyclic) bond motifs is 1. The van der Waals surface area contributed by atoms with Crippen LogP contribution in [0.15, 0.2) is 72.0 Å². The molecule has 0 saturated heterocycles. The van der Waals surface area contributed by atoms with Crippen molar-refractivity contribution < 1.29 is 9.53 Å². The number of hydrogen-bond donors (Lipinski definition) is 1. The van der Waals surface area contributed by atoms with E-state index in [0.717, 1.165) is 41.6 Å². The number of nitrogens with one attached hydrogen (secondary N) is 1. The number of aliphatic imine (C=N–C) groups is 1. The van der Waals surface area contributed by atoms with Crippen molar-refractivity contribution in [1.29, 1.82) is 0 Å². The smallest absolute Gasteiger partial charge is 0.265 e. The van der Waals surface area contributed by atoms with Gasteiger partial charge in [-0.1, -0.05) is 30.3 Å². The fraction of sp³-hybridized carbons (Fsp3) is 0.320. The first-order valence-corrected chi connectivity index (χ1v) is 11.3. The molecule has 0 spiro atoms. The standard InChI is InChI=1S/C25H30N6O2/c1-3-26-25(29(2)17-20-16-28-31(18-20)21-10-5-4-6-11-21)27-14-9-15-30-22-12-7-8-13-23(22)33-19-24(30)32/h4-8,10-13,16,18H,3,9,14-15,17,19H2,1-2H3,(H,26,27). The van der Waals surface area contributed by atoms with Gasteiger partial charge in [-0.25, -0.2) is 4.68 Å². The normalized spacial score (nSPS) is 13.5. The summed E-state index contributed by atoms with van der Waals surface area (Å²) in [5, 5.41) is 7.83. The lowest BCUT2D eigenvalue weighted by Crippen LogP contribution is -2.40. The van der Waals surface area contributed by atoms with Crippen LogP contribution in [0.3, 0.4) is 0 Å². The van der Waals surface area contributed by atoms with Gasteiger partial charge in [-0.05, 0) is 37.6 Å². The lowest BCUT2D eigenvalue weighted by Gasteiger charge is -2.29. The Morgan fingerprint density at radius 1 is 1.18 bits per heavy atom. The zero-order valence-corrected chi connectivity index (χ0v) is 19.1. The van der Waals surface area contributed by atoms with Crippen LogP contribution in [-0.4, -0.2) is 59.8 Å². The van der Waals surface area contributed by atoms with Crippen LogP contribution >= 0.6 is 0 Å². The molecule has 1 N–H and O–H groups in total. The highest BCUT2D eigenvalue weighted by atomic mass is 16.5. The molecule has 0 aliphatic carbocycles. The van der Waals surface area contributed by atoms with Crippen molar-refractivity contribution >= 4 is 17.6 Å². The van der Waals surface area contributed by atoms with Gasteiger partial charge in [-0.3, -0.25) is 9.79 Å². The highest BCUT2D eigenvalue weighted by molar-refractivity contribution is 5.97. The van der Waals surface area contributed by atoms with Crippen LogP contribution in [0.5, 0.6) is 5.75 Å². The van der Waals surface area contributed by atoms with Crippen LogP contribution in [0.2, 0.25) is 0 Å². The second-order valence-electron chi connectivity index (χ2n) is 7.88. The third kappa shape index (κ3) is 5.52. The maximum absolute atomic E-state index is 12.3. The minimum absolute atomic E-state index is 0.0165. The summed E-state index contributed by atoms with van der Waals surface area (Å²) >= 11 is 0. The summed E-state index contributed by atoms with van der Waals surface area (Å²) in [4.78, 5) is 21.0. The lowest BCUT2D eigenvalue weighted by atomic mass is 10.2. The molecule has 172 valence electrons. The largest absolute Gasteiger partial charge is 0.482 e. The Morgan fingerprint density at radius 3 is 2.79 bits per heavy atom. The van der Waals surface area contributed by atoms with Gasteiger partial charge in [0.25, 0.3) is 5.91 Å². The van der Waals surface area contributed by atoms with Gasteiger partial charge in [0, 0.05) is 45.0 Å². The maximum atomic E-state index is 12.3. The highest BCUT2D eigenvalue weighted by Crippen LogP contribution is 2.31. The molecule has 33 heavy (non-hydrogen) atoms. The van der Waals surface area contributed by atoms with Crippen LogP contribution in [-0.2, 0) is 11.3 Å². The second-order valence-corrected chi connectivity index (χ2v) is 7.88. The summed E-state index contributed by atoms with van der Waals surface area (Å²) in [6, 6.07) is 17.7. The number of aromatic nitrogens is 2. The predicted molar refractivity (Wildman–Crippen MR) is 130 cm³/mol. The minimum atomic E-state index is -0.0165. The number of nitrogens with zero attached hydrogens (tertiary/aromatic N) is 5. The Kier molecular flexibility index (Phi) is 7.24. The average Bonchev–Trinajstić information content (AvgIpc) is 3.31. The van der Waals surface area contributed by atoms with E-state index in [1.807, 2.05) is 78.7 Å². The first-order chi connectivity index (χ1) is 16.2. The summed E-state index contributed by atoms with van der Waals surface area (Å²) in [5.74, 6) is 1.57. The zero-order chi connectivity index (χ0) is 23.0. The molecule has 1 amide bonds. The topological polar surface area (TPSA) is 75.0 Å². The number of anilines is 1. The average molecular weight is 447 g/mol. The van der Waals surface area contributed by atoms with Crippen molar-refractivity contribution in [1.82, 2.24) is 20.0 Å². The number of rotatable bonds is 8. The molecule has 8 nitrogen and oxygen atoms in total. The van der Waals surface area contributed by atoms with E-state index in [9.17, 15) is 4.79 Å². The van der Waals surface area contributed by atoms with Crippen LogP contribution in [0, 0.1) is 0 Å². The van der Waals surface area contributed by atoms with Crippen LogP contribution in [0.1, 0.15) is 18.9 Å². The summed E-state index contributed by atoms with van der Waals surface area (Å²) < 4.78 is 7.40. The number of carbonyl (C=O) groups is 1. The highest BCUT2D eigenvalue weighted by Gasteiger charge is 2.24. The van der Waals surface area contributed by atoms with E-state index < -0.39 is 0 Å². The Balaban J connectivity index is 1.35. The van der Waals surface area contributed by atoms with E-state index in [2.05, 4.69) is 22.2 Å². The van der Waals surface area contributed by atoms with E-state index >= 15 is 0 Å². The number of guanidine groups is 1. The lowest BCUT2D eigenvalue weighted by molar-refractivity contribution is -0.121. The molecule has 0 radical (unpaired) electrons. The van der Waals surface area contributed by atoms with Gasteiger partial charge in [-0.15, -0.1) is 0 Å². The molecule has 3 aromatic rings. The Morgan fingerprint density at radius 2 is 1.97 bits per heavy atom. The van der Waals surface area contributed by atoms with Gasteiger partial charge in [0.1, 0.15) is 5.75 Å². The molecule has 1 aromatic heterocycles. The molecule has 8 heteroatoms. The van der Waals surface area contributed by atoms with Crippen LogP contribution < -0.4 is 15.0 Å². The van der Waals surface area contributed by atoms with Crippen LogP contribution in [0.4, 0.5) is 5.69 Å². The summed E-state index contributed by atoms with van der Waals surface area (Å²) in [6.07, 6.45) is 4.68. The monoisotopic (exact) mass is 446 g/mol. The van der Waals surface area contributed by atoms with Gasteiger partial charge in [0.15, 0.2) is 12.6 Å². The Bertz CT molecular complexity index is 1100. The molecule has 2 heterocycles. The van der Waals surface area contributed by atoms with Crippen molar-refractivity contribution in [3.05, 3.63) is 72.6 Å². The summed E-state index contributed by atoms with van der Waals surface area (Å²) in [7, 11) is 2.02. The fourth-order valence-corrected chi connectivity index (χ4v) is 3.80. The molecule has 4 rings (SSSR count). The van der Waals surface area contributed by atoms with Crippen molar-refractivity contribution in [3.63, 3.8) is 0 Å². The maximum Gasteiger partial charge on any atom is 0.265 e. The number of carbonyl (C=O) groups excluding carboxylic acids is 1. The summed E-state index contributed by atoms with van der Waals surface area (Å²) in [5.41, 5.74) is 2.96. The van der Waals surface area contributed by atoms with E-state index in [-0.39, 0.29) is 12.5 Å². The Hall–Kier alpha value is -3.81. The zero-order valence-electron chi connectivity index (χ0n) is 19.1. The van der Waals surface area contributed by atoms with Crippen LogP contribution in [0.25, 0.3) is 5.69 Å². The number of benzene rings is 2. The molecular weight excluding hydrogens is 416 g/mol. The van der Waals surface area contributed by atoms with Gasteiger partial charge in [-0.2, -0.15) is 5.10 Å². The van der Waals surface area contributed by atoms with E-state index in [4.69, 9.17) is 9.73 Å². The number of hydrogen-bond acceptors (Lipinski definition) is 4. The summed E-state index contributed by atoms with van der Waals surface area (Å²) in [6.45, 7) is 4.83. The predicted octanol–water partition coefficient (Wildman–Crippen LogP) is 3.09. The molecule has 2 aromatic carbocycles. The van der Waals surface area contributed by atoms with Gasteiger partial charge >= 0.3 is 0 Å². The number of amides is 1. The third-order valence-electron chi connectivity index (χ3n) is 5.38. The number of para-hydroxylation sites is 3. The number of ether oxygens (including phenoxy) is 1. The molecule has 1 aliphatic heterocycles. The van der Waals surface area contributed by atoms with E-state index in [0.29, 0.717) is 19.6 Å². The first kappa shape index (κ1) is 22.4. The molecule has 0 unspecified atom stereocenters. The fourth-order valence-electron chi connectivity index (χ4n) is 3.80. The van der Waals surface area contributed by atoms with E-state index in [1.54, 1.807) is 4.90 Å². The van der Waals surface area contributed by atoms with Gasteiger partial charge < -0.3 is 19.9 Å². The van der Waals surface area contributed by atoms with Crippen molar-refractivity contribution in [3.8, 4) is 11.4 Å². The molecule has 0 fully saturated rings. The van der Waals surface area contributed by atoms with Gasteiger partial charge in [0.05, 0.1) is 17.6 Å². The van der Waals surface area contributed by atoms with Crippen molar-refractivity contribution in [2.24, 2.45) is 4.99 Å². The first-order valence-electron chi connectivity index (χ1n) is 11.3. The molecule has 0 bridgehead atoms. The molecular formula is C25H30N6O2. The molecule has 0 saturated carbocycles. The Labute approximate surface area is 194 Å². The SMILES string of the molecule is CCNC(=NCCCN1C(=O)COc2ccccc21)N(C)Cc1cnn(-c2ccccc2)c1. The van der Waals surface area contributed by atoms with Crippen molar-refractivity contribution in [2.45, 2.75) is 19.9 Å². The second kappa shape index (κ2) is 10.7.